The second kappa shape index (κ2) is 17.4. The Hall–Kier alpha value is -10.2. The first kappa shape index (κ1) is 45.1. The maximum Gasteiger partial charge on any atom is 0.159 e. The zero-order valence-electron chi connectivity index (χ0n) is 43.6. The van der Waals surface area contributed by atoms with E-state index in [1.807, 2.05) is 6.07 Å². The Balaban J connectivity index is 1.04. The van der Waals surface area contributed by atoms with E-state index in [9.17, 15) is 0 Å². The number of para-hydroxylation sites is 4. The van der Waals surface area contributed by atoms with Crippen molar-refractivity contribution in [3.63, 3.8) is 0 Å². The van der Waals surface area contributed by atoms with Crippen LogP contribution in [0.15, 0.2) is 276 Å². The molecule has 0 unspecified atom stereocenters. The third-order valence-corrected chi connectivity index (χ3v) is 16.7. The molecular weight excluding hydrogens is 961 g/mol. The molecule has 1 aliphatic carbocycles. The topological polar surface area (TPSA) is 32.8 Å². The van der Waals surface area contributed by atoms with E-state index in [0.717, 1.165) is 83.4 Å². The summed E-state index contributed by atoms with van der Waals surface area (Å²) in [6, 6.07) is 97.9. The number of hydrogen-bond donors (Lipinski definition) is 0. The Morgan fingerprint density at radius 1 is 0.291 bits per heavy atom. The van der Waals surface area contributed by atoms with Crippen LogP contribution in [0.1, 0.15) is 33.4 Å². The van der Waals surface area contributed by atoms with Crippen molar-refractivity contribution in [2.24, 2.45) is 0 Å². The highest BCUT2D eigenvalue weighted by Gasteiger charge is 2.49. The van der Waals surface area contributed by atoms with Gasteiger partial charge < -0.3 is 18.6 Å². The second-order valence-corrected chi connectivity index (χ2v) is 21.2. The van der Waals surface area contributed by atoms with E-state index >= 15 is 0 Å². The third kappa shape index (κ3) is 6.62. The molecule has 372 valence electrons. The molecule has 13 aromatic carbocycles. The minimum Gasteiger partial charge on any atom is -0.454 e. The van der Waals surface area contributed by atoms with Crippen LogP contribution in [0, 0.1) is 13.8 Å². The first-order chi connectivity index (χ1) is 39.0. The SMILES string of the molecule is Cc1cccc(N(c2ccc3c4c(c5ccccc5c3c2)-c2c(cc(N(c3cccc(C)c3)c3cccc5c3oc3ccccc35)c3ccccc23)C4(c2ccccc2)c2ccccc2)c2cccc3c2oc2ccccc23)c1. The number of rotatable bonds is 8. The molecule has 0 radical (unpaired) electrons. The maximum atomic E-state index is 6.94. The van der Waals surface area contributed by atoms with Gasteiger partial charge in [0.05, 0.1) is 22.5 Å². The fourth-order valence-electron chi connectivity index (χ4n) is 13.5. The van der Waals surface area contributed by atoms with Gasteiger partial charge >= 0.3 is 0 Å². The number of aryl methyl sites for hydroxylation is 2. The van der Waals surface area contributed by atoms with E-state index in [1.54, 1.807) is 0 Å². The minimum atomic E-state index is -0.796. The lowest BCUT2D eigenvalue weighted by Crippen LogP contribution is -2.29. The average Bonchev–Trinajstić information content (AvgIpc) is 2.58. The van der Waals surface area contributed by atoms with Gasteiger partial charge in [-0.15, -0.1) is 0 Å². The van der Waals surface area contributed by atoms with Gasteiger partial charge in [0.25, 0.3) is 0 Å². The highest BCUT2D eigenvalue weighted by molar-refractivity contribution is 6.24. The van der Waals surface area contributed by atoms with Gasteiger partial charge in [0.2, 0.25) is 0 Å². The van der Waals surface area contributed by atoms with Crippen LogP contribution >= 0.6 is 0 Å². The van der Waals surface area contributed by atoms with Crippen LogP contribution in [-0.4, -0.2) is 0 Å². The molecule has 0 fully saturated rings. The molecule has 0 atom stereocenters. The summed E-state index contributed by atoms with van der Waals surface area (Å²) in [6.45, 7) is 4.34. The fraction of sp³-hybridized carbons (Fsp3) is 0.0400. The van der Waals surface area contributed by atoms with Crippen molar-refractivity contribution in [3.8, 4) is 11.1 Å². The molecule has 0 saturated carbocycles. The molecule has 16 rings (SSSR count). The van der Waals surface area contributed by atoms with Gasteiger partial charge in [-0.1, -0.05) is 200 Å². The van der Waals surface area contributed by atoms with Gasteiger partial charge in [0.1, 0.15) is 11.2 Å². The van der Waals surface area contributed by atoms with Crippen molar-refractivity contribution in [2.75, 3.05) is 9.80 Å². The Morgan fingerprint density at radius 2 is 0.747 bits per heavy atom. The molecule has 2 heterocycles. The number of nitrogens with zero attached hydrogens (tertiary/aromatic N) is 2. The summed E-state index contributed by atoms with van der Waals surface area (Å²) in [7, 11) is 0. The molecule has 2 aromatic heterocycles. The second-order valence-electron chi connectivity index (χ2n) is 21.2. The summed E-state index contributed by atoms with van der Waals surface area (Å²) in [5.74, 6) is 0. The van der Waals surface area contributed by atoms with Crippen LogP contribution in [0.4, 0.5) is 34.1 Å². The van der Waals surface area contributed by atoms with Gasteiger partial charge in [-0.2, -0.15) is 0 Å². The number of furan rings is 2. The molecule has 0 amide bonds. The maximum absolute atomic E-state index is 6.94. The van der Waals surface area contributed by atoms with Crippen molar-refractivity contribution >= 4 is 110 Å². The molecule has 0 spiro atoms. The normalized spacial score (nSPS) is 12.8. The predicted octanol–water partition coefficient (Wildman–Crippen LogP) is 20.9. The lowest BCUT2D eigenvalue weighted by atomic mass is 9.66. The van der Waals surface area contributed by atoms with E-state index in [2.05, 4.69) is 285 Å². The lowest BCUT2D eigenvalue weighted by molar-refractivity contribution is 0.668. The van der Waals surface area contributed by atoms with E-state index in [4.69, 9.17) is 8.83 Å². The van der Waals surface area contributed by atoms with Gasteiger partial charge in [-0.3, -0.25) is 0 Å². The van der Waals surface area contributed by atoms with E-state index < -0.39 is 5.41 Å². The zero-order valence-corrected chi connectivity index (χ0v) is 43.6. The number of hydrogen-bond acceptors (Lipinski definition) is 4. The summed E-state index contributed by atoms with van der Waals surface area (Å²) in [5, 5.41) is 11.5. The molecular formula is C75H50N2O2. The summed E-state index contributed by atoms with van der Waals surface area (Å²) in [4.78, 5) is 4.84. The monoisotopic (exact) mass is 1010 g/mol. The van der Waals surface area contributed by atoms with Gasteiger partial charge in [0, 0.05) is 44.0 Å². The van der Waals surface area contributed by atoms with Crippen LogP contribution in [0.5, 0.6) is 0 Å². The van der Waals surface area contributed by atoms with E-state index in [0.29, 0.717) is 0 Å². The molecule has 0 N–H and O–H groups in total. The molecule has 4 heteroatoms. The Bertz CT molecular complexity index is 4910. The first-order valence-electron chi connectivity index (χ1n) is 27.2. The van der Waals surface area contributed by atoms with Crippen molar-refractivity contribution in [2.45, 2.75) is 19.3 Å². The molecule has 0 aliphatic heterocycles. The van der Waals surface area contributed by atoms with Crippen molar-refractivity contribution in [1.29, 1.82) is 0 Å². The Labute approximate surface area is 457 Å². The molecule has 0 bridgehead atoms. The highest BCUT2D eigenvalue weighted by atomic mass is 16.3. The van der Waals surface area contributed by atoms with Gasteiger partial charge in [-0.05, 0) is 152 Å². The van der Waals surface area contributed by atoms with Crippen molar-refractivity contribution < 1.29 is 8.83 Å². The Kier molecular flexibility index (Phi) is 9.95. The smallest absolute Gasteiger partial charge is 0.159 e. The summed E-state index contributed by atoms with van der Waals surface area (Å²) >= 11 is 0. The number of benzene rings is 13. The highest BCUT2D eigenvalue weighted by Crippen LogP contribution is 2.64. The minimum absolute atomic E-state index is 0.796. The lowest BCUT2D eigenvalue weighted by Gasteiger charge is -2.36. The fourth-order valence-corrected chi connectivity index (χ4v) is 13.5. The molecule has 15 aromatic rings. The first-order valence-corrected chi connectivity index (χ1v) is 27.2. The van der Waals surface area contributed by atoms with E-state index in [1.165, 1.54) is 71.4 Å². The van der Waals surface area contributed by atoms with Crippen LogP contribution in [0.3, 0.4) is 0 Å². The predicted molar refractivity (Wildman–Crippen MR) is 330 cm³/mol. The quantitative estimate of drug-likeness (QED) is 0.142. The summed E-state index contributed by atoms with van der Waals surface area (Å²) < 4.78 is 13.8. The Morgan fingerprint density at radius 3 is 1.33 bits per heavy atom. The van der Waals surface area contributed by atoms with Gasteiger partial charge in [0.15, 0.2) is 11.2 Å². The summed E-state index contributed by atoms with van der Waals surface area (Å²) in [6.07, 6.45) is 0. The standard InChI is InChI=1S/C75H50N2O2/c1-47-21-17-27-51(43-47)76(65-37-19-35-61-56-31-13-15-39-68(56)78-73(61)65)53-41-42-60-63(45-53)54-29-9-11-33-58(54)71-70-59-34-12-10-30-55(59)67(46-64(70)75(72(60)71,49-23-5-3-6-24-49)50-25-7-4-8-26-50)77(52-28-18-22-48(2)44-52)66-38-20-36-62-57-32-14-16-40-69(57)79-74(62)66/h3-46H,1-2H3. The van der Waals surface area contributed by atoms with Crippen LogP contribution in [0.2, 0.25) is 0 Å². The zero-order chi connectivity index (χ0) is 52.3. The van der Waals surface area contributed by atoms with Crippen LogP contribution in [-0.2, 0) is 5.41 Å². The number of anilines is 6. The average molecular weight is 1010 g/mol. The molecule has 1 aliphatic rings. The summed E-state index contributed by atoms with van der Waals surface area (Å²) in [5.41, 5.74) is 18.6. The molecule has 4 nitrogen and oxygen atoms in total. The largest absolute Gasteiger partial charge is 0.454 e. The van der Waals surface area contributed by atoms with Crippen molar-refractivity contribution in [3.05, 3.63) is 300 Å². The molecule has 0 saturated heterocycles. The van der Waals surface area contributed by atoms with E-state index in [-0.39, 0.29) is 0 Å². The third-order valence-electron chi connectivity index (χ3n) is 16.7. The van der Waals surface area contributed by atoms with Crippen LogP contribution < -0.4 is 9.80 Å². The number of fused-ring (bicyclic) bond motifs is 16. The van der Waals surface area contributed by atoms with Gasteiger partial charge in [-0.25, -0.2) is 0 Å². The van der Waals surface area contributed by atoms with Crippen molar-refractivity contribution in [1.82, 2.24) is 0 Å². The van der Waals surface area contributed by atoms with Crippen LogP contribution in [0.25, 0.3) is 87.3 Å². The molecule has 79 heavy (non-hydrogen) atoms.